The van der Waals surface area contributed by atoms with Crippen LogP contribution in [0.15, 0.2) is 12.4 Å². The van der Waals surface area contributed by atoms with Crippen LogP contribution >= 0.6 is 0 Å². The smallest absolute Gasteiger partial charge is 0.434 e. The zero-order chi connectivity index (χ0) is 26.0. The van der Waals surface area contributed by atoms with Crippen molar-refractivity contribution in [2.75, 3.05) is 20.3 Å². The molecule has 1 aliphatic rings. The molecule has 196 valence electrons. The molecule has 0 aromatic carbocycles. The molecule has 0 saturated carbocycles. The van der Waals surface area contributed by atoms with Gasteiger partial charge in [-0.1, -0.05) is 4.98 Å². The van der Waals surface area contributed by atoms with Crippen LogP contribution in [-0.4, -0.2) is 70.3 Å². The van der Waals surface area contributed by atoms with Crippen molar-refractivity contribution in [1.82, 2.24) is 25.5 Å². The Morgan fingerprint density at radius 1 is 1.23 bits per heavy atom. The van der Waals surface area contributed by atoms with Crippen molar-refractivity contribution < 1.29 is 28.8 Å². The number of amides is 3. The minimum absolute atomic E-state index is 0.165. The molecule has 1 fully saturated rings. The molecule has 0 radical (unpaired) electrons. The monoisotopic (exact) mass is 496 g/mol. The summed E-state index contributed by atoms with van der Waals surface area (Å²) in [5.74, 6) is -0.931. The zero-order valence-electron chi connectivity index (χ0n) is 20.7. The number of nitro groups is 1. The van der Waals surface area contributed by atoms with Gasteiger partial charge in [0.05, 0.1) is 6.54 Å². The Hall–Kier alpha value is -3.22. The fourth-order valence-electron chi connectivity index (χ4n) is 3.83. The number of imidazole rings is 1. The number of rotatable bonds is 11. The maximum absolute atomic E-state index is 13.2. The van der Waals surface area contributed by atoms with Crippen LogP contribution in [0.3, 0.4) is 0 Å². The van der Waals surface area contributed by atoms with Crippen molar-refractivity contribution in [3.8, 4) is 0 Å². The first kappa shape index (κ1) is 28.0. The largest absolute Gasteiger partial charge is 0.444 e. The summed E-state index contributed by atoms with van der Waals surface area (Å²) in [4.78, 5) is 52.2. The summed E-state index contributed by atoms with van der Waals surface area (Å²) in [6, 6.07) is -1.78. The summed E-state index contributed by atoms with van der Waals surface area (Å²) in [6.45, 7) is 6.56. The third-order valence-electron chi connectivity index (χ3n) is 5.55. The fourth-order valence-corrected chi connectivity index (χ4v) is 3.83. The van der Waals surface area contributed by atoms with Gasteiger partial charge in [0.15, 0.2) is 0 Å². The Kier molecular flexibility index (Phi) is 10.4. The lowest BCUT2D eigenvalue weighted by Gasteiger charge is -2.28. The Labute approximate surface area is 204 Å². The van der Waals surface area contributed by atoms with E-state index in [0.717, 1.165) is 12.8 Å². The Balaban J connectivity index is 2.08. The van der Waals surface area contributed by atoms with Gasteiger partial charge in [-0.2, -0.15) is 0 Å². The SMILES string of the molecule is CNC(=O)[C@H](CC1CCOCC1)NC(=O)[C@H](CCCn1ccnc1[N+](=O)[O-])NC(=O)OC(C)(C)C. The average molecular weight is 497 g/mol. The molecule has 1 aliphatic heterocycles. The Bertz CT molecular complexity index is 876. The van der Waals surface area contributed by atoms with Crippen LogP contribution in [0.25, 0.3) is 0 Å². The number of alkyl carbamates (subject to hydrolysis) is 1. The summed E-state index contributed by atoms with van der Waals surface area (Å²) < 4.78 is 12.0. The molecule has 0 aliphatic carbocycles. The topological polar surface area (TPSA) is 167 Å². The number of aromatic nitrogens is 2. The number of aryl methyl sites for hydroxylation is 1. The molecular formula is C22H36N6O7. The summed E-state index contributed by atoms with van der Waals surface area (Å²) in [7, 11) is 1.50. The molecule has 2 atom stereocenters. The number of hydrogen-bond donors (Lipinski definition) is 3. The fraction of sp³-hybridized carbons (Fsp3) is 0.727. The number of carbonyl (C=O) groups excluding carboxylic acids is 3. The highest BCUT2D eigenvalue weighted by atomic mass is 16.6. The third-order valence-corrected chi connectivity index (χ3v) is 5.55. The molecular weight excluding hydrogens is 460 g/mol. The normalized spacial score (nSPS) is 16.1. The summed E-state index contributed by atoms with van der Waals surface area (Å²) >= 11 is 0. The van der Waals surface area contributed by atoms with E-state index in [4.69, 9.17) is 9.47 Å². The third kappa shape index (κ3) is 9.51. The lowest BCUT2D eigenvalue weighted by atomic mass is 9.92. The first-order valence-electron chi connectivity index (χ1n) is 11.7. The van der Waals surface area contributed by atoms with Crippen LogP contribution in [0, 0.1) is 16.0 Å². The van der Waals surface area contributed by atoms with E-state index in [0.29, 0.717) is 26.1 Å². The van der Waals surface area contributed by atoms with Gasteiger partial charge in [0.2, 0.25) is 11.8 Å². The minimum Gasteiger partial charge on any atom is -0.444 e. The number of hydrogen-bond acceptors (Lipinski definition) is 8. The molecule has 13 heteroatoms. The second-order valence-corrected chi connectivity index (χ2v) is 9.49. The highest BCUT2D eigenvalue weighted by Crippen LogP contribution is 2.20. The molecule has 0 spiro atoms. The standard InChI is InChI=1S/C22H36N6O7/c1-22(2,3)35-21(31)26-16(6-5-10-27-11-9-24-20(27)28(32)33)19(30)25-17(18(29)23-4)14-15-7-12-34-13-8-15/h9,11,15-17H,5-8,10,12-14H2,1-4H3,(H,23,29)(H,25,30)(H,26,31)/t16-,17-/m0/s1. The van der Waals surface area contributed by atoms with Gasteiger partial charge in [-0.3, -0.25) is 9.59 Å². The lowest BCUT2D eigenvalue weighted by Crippen LogP contribution is -2.54. The van der Waals surface area contributed by atoms with Crippen LogP contribution in [0.5, 0.6) is 0 Å². The van der Waals surface area contributed by atoms with Crippen LogP contribution in [-0.2, 0) is 25.6 Å². The van der Waals surface area contributed by atoms with E-state index < -0.39 is 34.6 Å². The van der Waals surface area contributed by atoms with Gasteiger partial charge in [-0.05, 0) is 63.7 Å². The number of nitrogens with one attached hydrogen (secondary N) is 3. The van der Waals surface area contributed by atoms with E-state index in [1.807, 2.05) is 0 Å². The summed E-state index contributed by atoms with van der Waals surface area (Å²) in [5.41, 5.74) is -0.768. The van der Waals surface area contributed by atoms with Crippen molar-refractivity contribution >= 4 is 23.9 Å². The minimum atomic E-state index is -1.01. The van der Waals surface area contributed by atoms with Crippen molar-refractivity contribution in [3.05, 3.63) is 22.5 Å². The molecule has 13 nitrogen and oxygen atoms in total. The molecule has 1 aromatic heterocycles. The number of nitrogens with zero attached hydrogens (tertiary/aromatic N) is 3. The van der Waals surface area contributed by atoms with E-state index in [9.17, 15) is 24.5 Å². The zero-order valence-corrected chi connectivity index (χ0v) is 20.7. The van der Waals surface area contributed by atoms with Gasteiger partial charge in [-0.25, -0.2) is 9.36 Å². The van der Waals surface area contributed by atoms with Gasteiger partial charge >= 0.3 is 12.0 Å². The first-order valence-corrected chi connectivity index (χ1v) is 11.7. The van der Waals surface area contributed by atoms with E-state index >= 15 is 0 Å². The first-order chi connectivity index (χ1) is 16.5. The maximum atomic E-state index is 13.2. The highest BCUT2D eigenvalue weighted by molar-refractivity contribution is 5.91. The van der Waals surface area contributed by atoms with Crippen molar-refractivity contribution in [3.63, 3.8) is 0 Å². The lowest BCUT2D eigenvalue weighted by molar-refractivity contribution is -0.396. The van der Waals surface area contributed by atoms with Gasteiger partial charge in [-0.15, -0.1) is 0 Å². The molecule has 1 saturated heterocycles. The quantitative estimate of drug-likeness (QED) is 0.306. The predicted molar refractivity (Wildman–Crippen MR) is 125 cm³/mol. The van der Waals surface area contributed by atoms with Gasteiger partial charge in [0.1, 0.15) is 30.1 Å². The molecule has 3 N–H and O–H groups in total. The van der Waals surface area contributed by atoms with Crippen LogP contribution in [0.4, 0.5) is 10.7 Å². The average Bonchev–Trinajstić information content (AvgIpc) is 3.25. The van der Waals surface area contributed by atoms with E-state index in [-0.39, 0.29) is 30.7 Å². The predicted octanol–water partition coefficient (Wildman–Crippen LogP) is 1.51. The van der Waals surface area contributed by atoms with Crippen molar-refractivity contribution in [2.24, 2.45) is 5.92 Å². The Morgan fingerprint density at radius 2 is 1.91 bits per heavy atom. The molecule has 2 heterocycles. The summed E-state index contributed by atoms with van der Waals surface area (Å²) in [6.07, 6.45) is 4.57. The Morgan fingerprint density at radius 3 is 2.51 bits per heavy atom. The molecule has 3 amide bonds. The molecule has 0 unspecified atom stereocenters. The number of carbonyl (C=O) groups is 3. The number of ether oxygens (including phenoxy) is 2. The van der Waals surface area contributed by atoms with Gasteiger partial charge < -0.3 is 35.5 Å². The van der Waals surface area contributed by atoms with Crippen molar-refractivity contribution in [1.29, 1.82) is 0 Å². The second-order valence-electron chi connectivity index (χ2n) is 9.49. The van der Waals surface area contributed by atoms with Crippen LogP contribution in [0.1, 0.15) is 52.9 Å². The van der Waals surface area contributed by atoms with Crippen LogP contribution in [0.2, 0.25) is 0 Å². The molecule has 2 rings (SSSR count). The molecule has 0 bridgehead atoms. The molecule has 35 heavy (non-hydrogen) atoms. The van der Waals surface area contributed by atoms with Gasteiger partial charge in [0.25, 0.3) is 0 Å². The highest BCUT2D eigenvalue weighted by Gasteiger charge is 2.30. The summed E-state index contributed by atoms with van der Waals surface area (Å²) in [5, 5.41) is 19.0. The van der Waals surface area contributed by atoms with E-state index in [2.05, 4.69) is 20.9 Å². The second kappa shape index (κ2) is 13.0. The molecule has 1 aromatic rings. The van der Waals surface area contributed by atoms with Crippen LogP contribution < -0.4 is 16.0 Å². The van der Waals surface area contributed by atoms with E-state index in [1.165, 1.54) is 24.0 Å². The van der Waals surface area contributed by atoms with E-state index in [1.54, 1.807) is 20.8 Å². The number of likely N-dealkylation sites (N-methyl/N-ethyl adjacent to an activating group) is 1. The van der Waals surface area contributed by atoms with Gasteiger partial charge in [0, 0.05) is 20.3 Å². The maximum Gasteiger partial charge on any atom is 0.434 e. The van der Waals surface area contributed by atoms with Crippen molar-refractivity contribution in [2.45, 2.75) is 77.1 Å².